The van der Waals surface area contributed by atoms with Crippen LogP contribution in [0.25, 0.3) is 0 Å². The third-order valence-corrected chi connectivity index (χ3v) is 3.31. The van der Waals surface area contributed by atoms with Gasteiger partial charge in [0.15, 0.2) is 0 Å². The third-order valence-electron chi connectivity index (χ3n) is 3.31. The van der Waals surface area contributed by atoms with Crippen LogP contribution in [0.3, 0.4) is 0 Å². The molecule has 1 aromatic rings. The monoisotopic (exact) mass is 262 g/mol. The van der Waals surface area contributed by atoms with Crippen LogP contribution in [0.5, 0.6) is 0 Å². The van der Waals surface area contributed by atoms with Gasteiger partial charge in [-0.3, -0.25) is 9.69 Å². The molecule has 1 unspecified atom stereocenters. The van der Waals surface area contributed by atoms with E-state index in [0.29, 0.717) is 13.1 Å². The Labute approximate surface area is 112 Å². The van der Waals surface area contributed by atoms with Gasteiger partial charge in [-0.2, -0.15) is 0 Å². The zero-order valence-corrected chi connectivity index (χ0v) is 11.2. The second-order valence-corrected chi connectivity index (χ2v) is 4.60. The number of carbonyl (C=O) groups is 2. The highest BCUT2D eigenvalue weighted by atomic mass is 16.5. The van der Waals surface area contributed by atoms with Crippen LogP contribution in [-0.4, -0.2) is 43.1 Å². The number of amides is 2. The highest BCUT2D eigenvalue weighted by Gasteiger charge is 2.35. The number of ether oxygens (including phenoxy) is 1. The van der Waals surface area contributed by atoms with E-state index in [-0.39, 0.29) is 24.5 Å². The van der Waals surface area contributed by atoms with E-state index in [4.69, 9.17) is 0 Å². The number of benzene rings is 1. The summed E-state index contributed by atoms with van der Waals surface area (Å²) >= 11 is 0. The van der Waals surface area contributed by atoms with Crippen LogP contribution in [0.15, 0.2) is 30.3 Å². The van der Waals surface area contributed by atoms with Crippen molar-refractivity contribution in [3.63, 3.8) is 0 Å². The van der Waals surface area contributed by atoms with Gasteiger partial charge in [-0.25, -0.2) is 4.79 Å². The molecule has 1 aromatic carbocycles. The maximum absolute atomic E-state index is 12.3. The van der Waals surface area contributed by atoms with Gasteiger partial charge in [-0.05, 0) is 19.1 Å². The van der Waals surface area contributed by atoms with Crippen LogP contribution in [0.2, 0.25) is 0 Å². The van der Waals surface area contributed by atoms with E-state index in [2.05, 4.69) is 4.74 Å². The van der Waals surface area contributed by atoms with E-state index < -0.39 is 0 Å². The van der Waals surface area contributed by atoms with Gasteiger partial charge in [0.05, 0.1) is 13.5 Å². The Kier molecular flexibility index (Phi) is 4.04. The molecule has 102 valence electrons. The summed E-state index contributed by atoms with van der Waals surface area (Å²) in [7, 11) is 1.35. The maximum atomic E-state index is 12.3. The molecule has 0 radical (unpaired) electrons. The summed E-state index contributed by atoms with van der Waals surface area (Å²) in [6, 6.07) is 9.60. The average Bonchev–Trinajstić information content (AvgIpc) is 2.72. The topological polar surface area (TPSA) is 49.9 Å². The predicted octanol–water partition coefficient (Wildman–Crippen LogP) is 1.88. The minimum Gasteiger partial charge on any atom is -0.469 e. The Balaban J connectivity index is 2.04. The van der Waals surface area contributed by atoms with Crippen LogP contribution in [0.1, 0.15) is 13.3 Å². The number of urea groups is 1. The van der Waals surface area contributed by atoms with Crippen LogP contribution < -0.4 is 4.90 Å². The highest BCUT2D eigenvalue weighted by Crippen LogP contribution is 2.23. The molecule has 0 saturated carbocycles. The summed E-state index contributed by atoms with van der Waals surface area (Å²) in [4.78, 5) is 26.9. The molecule has 2 rings (SSSR count). The third kappa shape index (κ3) is 2.86. The molecular weight excluding hydrogens is 244 g/mol. The lowest BCUT2D eigenvalue weighted by atomic mass is 10.3. The number of hydrogen-bond acceptors (Lipinski definition) is 3. The highest BCUT2D eigenvalue weighted by molar-refractivity contribution is 5.94. The van der Waals surface area contributed by atoms with E-state index in [0.717, 1.165) is 5.69 Å². The molecule has 0 spiro atoms. The van der Waals surface area contributed by atoms with E-state index in [1.54, 1.807) is 9.80 Å². The number of hydrogen-bond donors (Lipinski definition) is 0. The first-order valence-electron chi connectivity index (χ1n) is 6.33. The van der Waals surface area contributed by atoms with Crippen molar-refractivity contribution in [3.05, 3.63) is 30.3 Å². The number of carbonyl (C=O) groups excluding carboxylic acids is 2. The van der Waals surface area contributed by atoms with Crippen molar-refractivity contribution in [2.75, 3.05) is 25.1 Å². The number of anilines is 1. The number of para-hydroxylation sites is 1. The fourth-order valence-corrected chi connectivity index (χ4v) is 2.24. The van der Waals surface area contributed by atoms with E-state index in [1.165, 1.54) is 7.11 Å². The van der Waals surface area contributed by atoms with Crippen LogP contribution >= 0.6 is 0 Å². The summed E-state index contributed by atoms with van der Waals surface area (Å²) in [6.07, 6.45) is 0.231. The molecule has 5 heteroatoms. The van der Waals surface area contributed by atoms with Gasteiger partial charge < -0.3 is 9.64 Å². The summed E-state index contributed by atoms with van der Waals surface area (Å²) in [5.74, 6) is -0.293. The van der Waals surface area contributed by atoms with Gasteiger partial charge in [0.2, 0.25) is 0 Å². The fraction of sp³-hybridized carbons (Fsp3) is 0.429. The van der Waals surface area contributed by atoms with E-state index in [9.17, 15) is 9.59 Å². The number of rotatable bonds is 4. The quantitative estimate of drug-likeness (QED) is 0.778. The molecule has 1 fully saturated rings. The van der Waals surface area contributed by atoms with Crippen LogP contribution in [0.4, 0.5) is 10.5 Å². The van der Waals surface area contributed by atoms with Crippen molar-refractivity contribution in [3.8, 4) is 0 Å². The van der Waals surface area contributed by atoms with E-state index >= 15 is 0 Å². The first kappa shape index (κ1) is 13.4. The second-order valence-electron chi connectivity index (χ2n) is 4.60. The van der Waals surface area contributed by atoms with Crippen molar-refractivity contribution >= 4 is 17.7 Å². The standard InChI is InChI=1S/C14H18N2O3/c1-11-10-16(12-6-4-3-5-7-12)14(18)15(11)9-8-13(17)19-2/h3-7,11H,8-10H2,1-2H3. The molecule has 19 heavy (non-hydrogen) atoms. The number of esters is 1. The molecule has 0 aliphatic carbocycles. The van der Waals surface area contributed by atoms with Gasteiger partial charge >= 0.3 is 12.0 Å². The zero-order valence-electron chi connectivity index (χ0n) is 11.2. The first-order chi connectivity index (χ1) is 9.13. The zero-order chi connectivity index (χ0) is 13.8. The molecule has 1 aliphatic rings. The van der Waals surface area contributed by atoms with Crippen LogP contribution in [-0.2, 0) is 9.53 Å². The second kappa shape index (κ2) is 5.73. The van der Waals surface area contributed by atoms with Crippen molar-refractivity contribution in [1.82, 2.24) is 4.90 Å². The lowest BCUT2D eigenvalue weighted by molar-refractivity contribution is -0.140. The molecule has 1 aliphatic heterocycles. The Morgan fingerprint density at radius 2 is 2.05 bits per heavy atom. The molecular formula is C14H18N2O3. The van der Waals surface area contributed by atoms with Gasteiger partial charge in [-0.1, -0.05) is 18.2 Å². The van der Waals surface area contributed by atoms with Crippen molar-refractivity contribution < 1.29 is 14.3 Å². The number of methoxy groups -OCH3 is 1. The summed E-state index contributed by atoms with van der Waals surface area (Å²) in [6.45, 7) is 3.03. The Hall–Kier alpha value is -2.04. The normalized spacial score (nSPS) is 18.8. The summed E-state index contributed by atoms with van der Waals surface area (Å²) < 4.78 is 4.60. The Morgan fingerprint density at radius 1 is 1.37 bits per heavy atom. The summed E-state index contributed by atoms with van der Waals surface area (Å²) in [5.41, 5.74) is 0.889. The predicted molar refractivity (Wildman–Crippen MR) is 72.0 cm³/mol. The Morgan fingerprint density at radius 3 is 2.68 bits per heavy atom. The Bertz CT molecular complexity index is 461. The molecule has 1 heterocycles. The van der Waals surface area contributed by atoms with Gasteiger partial charge in [0.1, 0.15) is 0 Å². The molecule has 5 nitrogen and oxygen atoms in total. The van der Waals surface area contributed by atoms with Crippen molar-refractivity contribution in [1.29, 1.82) is 0 Å². The summed E-state index contributed by atoms with van der Waals surface area (Å²) in [5, 5.41) is 0. The smallest absolute Gasteiger partial charge is 0.324 e. The average molecular weight is 262 g/mol. The molecule has 1 saturated heterocycles. The molecule has 1 atom stereocenters. The molecule has 0 aromatic heterocycles. The minimum absolute atomic E-state index is 0.0531. The van der Waals surface area contributed by atoms with Crippen molar-refractivity contribution in [2.24, 2.45) is 0 Å². The number of nitrogens with zero attached hydrogens (tertiary/aromatic N) is 2. The molecule has 0 bridgehead atoms. The van der Waals surface area contributed by atoms with E-state index in [1.807, 2.05) is 37.3 Å². The van der Waals surface area contributed by atoms with Gasteiger partial charge in [0, 0.05) is 24.8 Å². The van der Waals surface area contributed by atoms with Gasteiger partial charge in [-0.15, -0.1) is 0 Å². The minimum atomic E-state index is -0.293. The maximum Gasteiger partial charge on any atom is 0.324 e. The first-order valence-corrected chi connectivity index (χ1v) is 6.33. The van der Waals surface area contributed by atoms with Crippen molar-refractivity contribution in [2.45, 2.75) is 19.4 Å². The molecule has 0 N–H and O–H groups in total. The lowest BCUT2D eigenvalue weighted by Crippen LogP contribution is -2.35. The SMILES string of the molecule is COC(=O)CCN1C(=O)N(c2ccccc2)CC1C. The molecule has 2 amide bonds. The fourth-order valence-electron chi connectivity index (χ4n) is 2.24. The lowest BCUT2D eigenvalue weighted by Gasteiger charge is -2.20. The largest absolute Gasteiger partial charge is 0.469 e. The van der Waals surface area contributed by atoms with Gasteiger partial charge in [0.25, 0.3) is 0 Å². The van der Waals surface area contributed by atoms with Crippen LogP contribution in [0, 0.1) is 0 Å².